The van der Waals surface area contributed by atoms with E-state index < -0.39 is 0 Å². The summed E-state index contributed by atoms with van der Waals surface area (Å²) in [6, 6.07) is 0. The van der Waals surface area contributed by atoms with Crippen LogP contribution in [0, 0.1) is 0 Å². The molecule has 2 rings (SSSR count). The first-order valence-electron chi connectivity index (χ1n) is 4.38. The molecule has 0 saturated heterocycles. The van der Waals surface area contributed by atoms with Gasteiger partial charge in [-0.3, -0.25) is 0 Å². The molecule has 1 spiro atoms. The summed E-state index contributed by atoms with van der Waals surface area (Å²) in [5.41, 5.74) is 0.0903. The lowest BCUT2D eigenvalue weighted by Crippen LogP contribution is -2.33. The molecule has 1 heteroatoms. The second kappa shape index (κ2) is 2.82. The van der Waals surface area contributed by atoms with E-state index in [1.165, 1.54) is 19.3 Å². The molecule has 0 bridgehead atoms. The fourth-order valence-electron chi connectivity index (χ4n) is 1.81. The zero-order chi connectivity index (χ0) is 7.57. The van der Waals surface area contributed by atoms with Crippen LogP contribution in [0.15, 0.2) is 24.3 Å². The van der Waals surface area contributed by atoms with E-state index in [1.54, 1.807) is 0 Å². The van der Waals surface area contributed by atoms with Crippen molar-refractivity contribution < 1.29 is 4.74 Å². The van der Waals surface area contributed by atoms with E-state index in [2.05, 4.69) is 24.3 Å². The molecule has 1 unspecified atom stereocenters. The van der Waals surface area contributed by atoms with Gasteiger partial charge in [0, 0.05) is 0 Å². The van der Waals surface area contributed by atoms with Gasteiger partial charge in [0.25, 0.3) is 0 Å². The summed E-state index contributed by atoms with van der Waals surface area (Å²) in [6.45, 7) is 0.796. The molecule has 0 aromatic rings. The van der Waals surface area contributed by atoms with Gasteiger partial charge in [-0.25, -0.2) is 0 Å². The highest BCUT2D eigenvalue weighted by Gasteiger charge is 2.29. The van der Waals surface area contributed by atoms with Crippen LogP contribution >= 0.6 is 0 Å². The third-order valence-electron chi connectivity index (χ3n) is 2.49. The lowest BCUT2D eigenvalue weighted by molar-refractivity contribution is -0.00796. The Morgan fingerprint density at radius 1 is 1.18 bits per heavy atom. The van der Waals surface area contributed by atoms with E-state index >= 15 is 0 Å². The highest BCUT2D eigenvalue weighted by molar-refractivity contribution is 5.11. The van der Waals surface area contributed by atoms with Gasteiger partial charge in [-0.1, -0.05) is 24.3 Å². The summed E-state index contributed by atoms with van der Waals surface area (Å²) in [5.74, 6) is 0. The molecular formula is C10H14O. The molecule has 0 aromatic heterocycles. The molecule has 2 aliphatic rings. The third-order valence-corrected chi connectivity index (χ3v) is 2.49. The highest BCUT2D eigenvalue weighted by atomic mass is 16.5. The van der Waals surface area contributed by atoms with Crippen LogP contribution in [-0.2, 0) is 4.74 Å². The molecule has 0 fully saturated rings. The highest BCUT2D eigenvalue weighted by Crippen LogP contribution is 2.31. The van der Waals surface area contributed by atoms with Gasteiger partial charge >= 0.3 is 0 Å². The molecule has 0 radical (unpaired) electrons. The number of rotatable bonds is 0. The number of allylic oxidation sites excluding steroid dienone is 1. The van der Waals surface area contributed by atoms with E-state index in [1.807, 2.05) is 0 Å². The minimum absolute atomic E-state index is 0.0903. The molecule has 0 saturated carbocycles. The first-order valence-corrected chi connectivity index (χ1v) is 4.38. The first kappa shape index (κ1) is 7.11. The van der Waals surface area contributed by atoms with Crippen molar-refractivity contribution in [3.8, 4) is 0 Å². The van der Waals surface area contributed by atoms with Crippen LogP contribution < -0.4 is 0 Å². The third kappa shape index (κ3) is 1.38. The van der Waals surface area contributed by atoms with Crippen molar-refractivity contribution in [3.05, 3.63) is 24.3 Å². The maximum Gasteiger partial charge on any atom is 0.0901 e. The van der Waals surface area contributed by atoms with E-state index in [-0.39, 0.29) is 5.60 Å². The van der Waals surface area contributed by atoms with Crippen LogP contribution in [0.3, 0.4) is 0 Å². The van der Waals surface area contributed by atoms with E-state index in [0.29, 0.717) is 0 Å². The normalized spacial score (nSPS) is 36.4. The van der Waals surface area contributed by atoms with Gasteiger partial charge in [-0.2, -0.15) is 0 Å². The minimum Gasteiger partial charge on any atom is -0.367 e. The SMILES string of the molecule is C1=CC2(CC=CCO2)CCC1. The summed E-state index contributed by atoms with van der Waals surface area (Å²) in [4.78, 5) is 0. The zero-order valence-electron chi connectivity index (χ0n) is 6.75. The Labute approximate surface area is 67.7 Å². The molecule has 1 aliphatic heterocycles. The lowest BCUT2D eigenvalue weighted by atomic mass is 9.87. The molecule has 1 aliphatic carbocycles. The summed E-state index contributed by atoms with van der Waals surface area (Å²) >= 11 is 0. The number of hydrogen-bond donors (Lipinski definition) is 0. The Kier molecular flexibility index (Phi) is 1.82. The van der Waals surface area contributed by atoms with Gasteiger partial charge in [-0.15, -0.1) is 0 Å². The summed E-state index contributed by atoms with van der Waals surface area (Å²) < 4.78 is 5.73. The maximum absolute atomic E-state index is 5.73. The second-order valence-electron chi connectivity index (χ2n) is 3.35. The summed E-state index contributed by atoms with van der Waals surface area (Å²) in [5, 5.41) is 0. The van der Waals surface area contributed by atoms with Gasteiger partial charge in [0.2, 0.25) is 0 Å². The Bertz CT molecular complexity index is 193. The van der Waals surface area contributed by atoms with E-state index in [9.17, 15) is 0 Å². The molecule has 11 heavy (non-hydrogen) atoms. The lowest BCUT2D eigenvalue weighted by Gasteiger charge is -2.34. The average Bonchev–Trinajstić information content (AvgIpc) is 2.07. The van der Waals surface area contributed by atoms with Crippen molar-refractivity contribution in [2.24, 2.45) is 0 Å². The molecular weight excluding hydrogens is 136 g/mol. The Morgan fingerprint density at radius 2 is 2.18 bits per heavy atom. The number of ether oxygens (including phenoxy) is 1. The predicted octanol–water partition coefficient (Wildman–Crippen LogP) is 2.44. The van der Waals surface area contributed by atoms with Gasteiger partial charge in [0.15, 0.2) is 0 Å². The average molecular weight is 150 g/mol. The van der Waals surface area contributed by atoms with Crippen molar-refractivity contribution in [3.63, 3.8) is 0 Å². The van der Waals surface area contributed by atoms with Crippen LogP contribution in [0.5, 0.6) is 0 Å². The Balaban J connectivity index is 2.13. The van der Waals surface area contributed by atoms with E-state index in [0.717, 1.165) is 13.0 Å². The van der Waals surface area contributed by atoms with Crippen molar-refractivity contribution in [2.75, 3.05) is 6.61 Å². The fraction of sp³-hybridized carbons (Fsp3) is 0.600. The van der Waals surface area contributed by atoms with E-state index in [4.69, 9.17) is 4.74 Å². The minimum atomic E-state index is 0.0903. The van der Waals surface area contributed by atoms with Crippen LogP contribution in [0.4, 0.5) is 0 Å². The summed E-state index contributed by atoms with van der Waals surface area (Å²) in [7, 11) is 0. The smallest absolute Gasteiger partial charge is 0.0901 e. The van der Waals surface area contributed by atoms with Gasteiger partial charge in [-0.05, 0) is 25.7 Å². The largest absolute Gasteiger partial charge is 0.367 e. The van der Waals surface area contributed by atoms with Crippen molar-refractivity contribution >= 4 is 0 Å². The van der Waals surface area contributed by atoms with Crippen molar-refractivity contribution in [2.45, 2.75) is 31.3 Å². The van der Waals surface area contributed by atoms with Crippen molar-refractivity contribution in [1.82, 2.24) is 0 Å². The molecule has 1 atom stereocenters. The maximum atomic E-state index is 5.73. The number of hydrogen-bond acceptors (Lipinski definition) is 1. The summed E-state index contributed by atoms with van der Waals surface area (Å²) in [6.07, 6.45) is 13.6. The van der Waals surface area contributed by atoms with Crippen LogP contribution in [0.2, 0.25) is 0 Å². The van der Waals surface area contributed by atoms with Crippen LogP contribution in [0.1, 0.15) is 25.7 Å². The fourth-order valence-corrected chi connectivity index (χ4v) is 1.81. The van der Waals surface area contributed by atoms with Crippen molar-refractivity contribution in [1.29, 1.82) is 0 Å². The first-order chi connectivity index (χ1) is 5.41. The Morgan fingerprint density at radius 3 is 2.82 bits per heavy atom. The predicted molar refractivity (Wildman–Crippen MR) is 45.4 cm³/mol. The quantitative estimate of drug-likeness (QED) is 0.482. The standard InChI is InChI=1S/C10H14O/c1-2-6-10(7-3-1)8-4-5-9-11-10/h2,4-6H,1,3,7-9H2. The van der Waals surface area contributed by atoms with Crippen LogP contribution in [-0.4, -0.2) is 12.2 Å². The Hall–Kier alpha value is -0.560. The van der Waals surface area contributed by atoms with Gasteiger partial charge in [0.05, 0.1) is 12.2 Å². The molecule has 1 nitrogen and oxygen atoms in total. The van der Waals surface area contributed by atoms with Gasteiger partial charge in [0.1, 0.15) is 0 Å². The molecule has 0 N–H and O–H groups in total. The monoisotopic (exact) mass is 150 g/mol. The molecule has 0 aromatic carbocycles. The topological polar surface area (TPSA) is 9.23 Å². The zero-order valence-corrected chi connectivity index (χ0v) is 6.75. The molecule has 0 amide bonds. The second-order valence-corrected chi connectivity index (χ2v) is 3.35. The molecule has 60 valence electrons. The van der Waals surface area contributed by atoms with Crippen LogP contribution in [0.25, 0.3) is 0 Å². The van der Waals surface area contributed by atoms with Gasteiger partial charge < -0.3 is 4.74 Å². The molecule has 1 heterocycles.